The number of hydrogen-bond acceptors (Lipinski definition) is 3. The molecule has 0 radical (unpaired) electrons. The molecule has 0 saturated carbocycles. The zero-order chi connectivity index (χ0) is 19.2. The first-order chi connectivity index (χ1) is 12.4. The van der Waals surface area contributed by atoms with Crippen molar-refractivity contribution in [3.05, 3.63) is 64.7 Å². The number of halogens is 1. The van der Waals surface area contributed by atoms with Crippen LogP contribution in [-0.4, -0.2) is 40.4 Å². The molecule has 140 valence electrons. The Morgan fingerprint density at radius 2 is 1.65 bits per heavy atom. The fraction of sp³-hybridized carbons (Fsp3) is 0.278. The molecular formula is C18H23ClN4O2S. The number of hydrogen-bond donors (Lipinski definition) is 2. The molecule has 0 aromatic heterocycles. The number of guanidine groups is 1. The van der Waals surface area contributed by atoms with Gasteiger partial charge in [0.15, 0.2) is 5.96 Å². The maximum atomic E-state index is 11.7. The Labute approximate surface area is 159 Å². The zero-order valence-corrected chi connectivity index (χ0v) is 16.6. The highest BCUT2D eigenvalue weighted by atomic mass is 35.5. The van der Waals surface area contributed by atoms with Crippen LogP contribution in [-0.2, 0) is 23.1 Å². The average molecular weight is 395 g/mol. The van der Waals surface area contributed by atoms with Gasteiger partial charge < -0.3 is 10.2 Å². The van der Waals surface area contributed by atoms with Crippen LogP contribution in [0.25, 0.3) is 0 Å². The van der Waals surface area contributed by atoms with Gasteiger partial charge in [-0.1, -0.05) is 35.9 Å². The first-order valence-corrected chi connectivity index (χ1v) is 9.90. The van der Waals surface area contributed by atoms with Crippen molar-refractivity contribution in [1.82, 2.24) is 14.9 Å². The fourth-order valence-corrected chi connectivity index (χ4v) is 3.26. The van der Waals surface area contributed by atoms with E-state index in [1.807, 2.05) is 36.2 Å². The Kier molecular flexibility index (Phi) is 7.02. The number of rotatable bonds is 6. The highest BCUT2D eigenvalue weighted by Gasteiger charge is 2.11. The molecule has 0 aliphatic rings. The topological polar surface area (TPSA) is 73.8 Å². The average Bonchev–Trinajstić information content (AvgIpc) is 2.64. The highest BCUT2D eigenvalue weighted by Crippen LogP contribution is 2.12. The molecule has 0 aliphatic heterocycles. The van der Waals surface area contributed by atoms with Gasteiger partial charge in [0.2, 0.25) is 10.0 Å². The molecule has 2 N–H and O–H groups in total. The minimum atomic E-state index is -3.41. The summed E-state index contributed by atoms with van der Waals surface area (Å²) in [6, 6.07) is 14.4. The van der Waals surface area contributed by atoms with E-state index in [1.54, 1.807) is 31.3 Å². The Morgan fingerprint density at radius 3 is 2.19 bits per heavy atom. The van der Waals surface area contributed by atoms with Gasteiger partial charge in [0.25, 0.3) is 0 Å². The number of nitrogens with one attached hydrogen (secondary N) is 2. The van der Waals surface area contributed by atoms with Crippen LogP contribution in [0.5, 0.6) is 0 Å². The van der Waals surface area contributed by atoms with Gasteiger partial charge in [-0.15, -0.1) is 0 Å². The molecule has 26 heavy (non-hydrogen) atoms. The lowest BCUT2D eigenvalue weighted by Gasteiger charge is -2.22. The first kappa shape index (κ1) is 20.2. The van der Waals surface area contributed by atoms with Crippen molar-refractivity contribution in [2.75, 3.05) is 21.1 Å². The van der Waals surface area contributed by atoms with E-state index in [1.165, 1.54) is 7.05 Å². The van der Waals surface area contributed by atoms with E-state index >= 15 is 0 Å². The molecule has 0 saturated heterocycles. The van der Waals surface area contributed by atoms with Crippen molar-refractivity contribution in [2.24, 2.45) is 4.99 Å². The summed E-state index contributed by atoms with van der Waals surface area (Å²) in [7, 11) is 1.66. The summed E-state index contributed by atoms with van der Waals surface area (Å²) in [5, 5.41) is 3.98. The second kappa shape index (κ2) is 9.02. The van der Waals surface area contributed by atoms with Crippen molar-refractivity contribution in [1.29, 1.82) is 0 Å². The minimum Gasteiger partial charge on any atom is -0.352 e. The number of nitrogens with zero attached hydrogens (tertiary/aromatic N) is 2. The monoisotopic (exact) mass is 394 g/mol. The summed E-state index contributed by atoms with van der Waals surface area (Å²) in [5.74, 6) is 0.742. The maximum absolute atomic E-state index is 11.7. The Bertz CT molecular complexity index is 850. The molecule has 0 spiro atoms. The predicted molar refractivity (Wildman–Crippen MR) is 106 cm³/mol. The molecule has 6 nitrogen and oxygen atoms in total. The van der Waals surface area contributed by atoms with Gasteiger partial charge in [-0.2, -0.15) is 0 Å². The van der Waals surface area contributed by atoms with E-state index in [9.17, 15) is 8.42 Å². The van der Waals surface area contributed by atoms with Gasteiger partial charge in [-0.3, -0.25) is 4.99 Å². The summed E-state index contributed by atoms with van der Waals surface area (Å²) in [4.78, 5) is 6.53. The van der Waals surface area contributed by atoms with E-state index in [0.29, 0.717) is 18.1 Å². The fourth-order valence-electron chi connectivity index (χ4n) is 2.41. The van der Waals surface area contributed by atoms with Crippen molar-refractivity contribution in [3.63, 3.8) is 0 Å². The standard InChI is InChI=1S/C18H23ClN4O2S/c1-20-18(23(3)13-15-4-8-16(19)9-5-15)22-12-14-6-10-17(11-7-14)26(24,25)21-2/h4-11,21H,12-13H2,1-3H3,(H,20,22). The molecule has 0 fully saturated rings. The summed E-state index contributed by atoms with van der Waals surface area (Å²) < 4.78 is 25.8. The molecule has 2 aromatic rings. The largest absolute Gasteiger partial charge is 0.352 e. The number of sulfonamides is 1. The van der Waals surface area contributed by atoms with Gasteiger partial charge in [0.05, 0.1) is 4.90 Å². The predicted octanol–water partition coefficient (Wildman–Crippen LogP) is 2.46. The van der Waals surface area contributed by atoms with Crippen LogP contribution < -0.4 is 10.0 Å². The maximum Gasteiger partial charge on any atom is 0.240 e. The van der Waals surface area contributed by atoms with E-state index in [-0.39, 0.29) is 4.90 Å². The highest BCUT2D eigenvalue weighted by molar-refractivity contribution is 7.89. The van der Waals surface area contributed by atoms with Gasteiger partial charge >= 0.3 is 0 Å². The van der Waals surface area contributed by atoms with Gasteiger partial charge in [0.1, 0.15) is 0 Å². The smallest absolute Gasteiger partial charge is 0.240 e. The Morgan fingerprint density at radius 1 is 1.08 bits per heavy atom. The van der Waals surface area contributed by atoms with Crippen LogP contribution in [0.4, 0.5) is 0 Å². The SMILES string of the molecule is CN=C(NCc1ccc(S(=O)(=O)NC)cc1)N(C)Cc1ccc(Cl)cc1. The van der Waals surface area contributed by atoms with Gasteiger partial charge in [-0.25, -0.2) is 13.1 Å². The Hall–Kier alpha value is -2.09. The summed E-state index contributed by atoms with van der Waals surface area (Å²) in [5.41, 5.74) is 2.09. The van der Waals surface area contributed by atoms with Crippen LogP contribution in [0, 0.1) is 0 Å². The van der Waals surface area contributed by atoms with Crippen LogP contribution in [0.15, 0.2) is 58.4 Å². The molecule has 2 rings (SSSR count). The molecule has 8 heteroatoms. The summed E-state index contributed by atoms with van der Waals surface area (Å²) >= 11 is 5.91. The third-order valence-corrected chi connectivity index (χ3v) is 5.54. The molecule has 0 unspecified atom stereocenters. The zero-order valence-electron chi connectivity index (χ0n) is 15.0. The van der Waals surface area contributed by atoms with Gasteiger partial charge in [-0.05, 0) is 42.4 Å². The van der Waals surface area contributed by atoms with Gasteiger partial charge in [0, 0.05) is 32.2 Å². The third kappa shape index (κ3) is 5.45. The third-order valence-electron chi connectivity index (χ3n) is 3.86. The lowest BCUT2D eigenvalue weighted by atomic mass is 10.2. The van der Waals surface area contributed by atoms with Crippen LogP contribution >= 0.6 is 11.6 Å². The molecule has 0 heterocycles. The van der Waals surface area contributed by atoms with Crippen LogP contribution in [0.1, 0.15) is 11.1 Å². The van der Waals surface area contributed by atoms with Crippen molar-refractivity contribution in [3.8, 4) is 0 Å². The lowest BCUT2D eigenvalue weighted by Crippen LogP contribution is -2.38. The van der Waals surface area contributed by atoms with Crippen LogP contribution in [0.2, 0.25) is 5.02 Å². The molecule has 0 bridgehead atoms. The molecule has 0 aliphatic carbocycles. The van der Waals surface area contributed by atoms with E-state index < -0.39 is 10.0 Å². The first-order valence-electron chi connectivity index (χ1n) is 8.04. The quantitative estimate of drug-likeness (QED) is 0.583. The lowest BCUT2D eigenvalue weighted by molar-refractivity contribution is 0.476. The Balaban J connectivity index is 1.96. The van der Waals surface area contributed by atoms with E-state index in [4.69, 9.17) is 11.6 Å². The normalized spacial score (nSPS) is 12.1. The van der Waals surface area contributed by atoms with Crippen molar-refractivity contribution < 1.29 is 8.42 Å². The van der Waals surface area contributed by atoms with Crippen molar-refractivity contribution in [2.45, 2.75) is 18.0 Å². The molecule has 0 amide bonds. The number of benzene rings is 2. The minimum absolute atomic E-state index is 0.244. The van der Waals surface area contributed by atoms with E-state index in [0.717, 1.165) is 17.1 Å². The van der Waals surface area contributed by atoms with E-state index in [2.05, 4.69) is 15.0 Å². The molecule has 0 atom stereocenters. The second-order valence-corrected chi connectivity index (χ2v) is 8.06. The molecule has 2 aromatic carbocycles. The summed E-state index contributed by atoms with van der Waals surface area (Å²) in [6.07, 6.45) is 0. The number of aliphatic imine (C=N–C) groups is 1. The second-order valence-electron chi connectivity index (χ2n) is 5.73. The summed E-state index contributed by atoms with van der Waals surface area (Å²) in [6.45, 7) is 1.23. The van der Waals surface area contributed by atoms with Crippen molar-refractivity contribution >= 4 is 27.6 Å². The molecular weight excluding hydrogens is 372 g/mol. The van der Waals surface area contributed by atoms with Crippen LogP contribution in [0.3, 0.4) is 0 Å².